The minimum atomic E-state index is -3.08. The van der Waals surface area contributed by atoms with E-state index in [0.717, 1.165) is 25.8 Å². The molecule has 118 valence electrons. The summed E-state index contributed by atoms with van der Waals surface area (Å²) in [6.07, 6.45) is 3.39. The topological polar surface area (TPSA) is 72.5 Å². The van der Waals surface area contributed by atoms with Gasteiger partial charge in [-0.05, 0) is 44.6 Å². The number of carbonyl (C=O) groups is 1. The van der Waals surface area contributed by atoms with Crippen molar-refractivity contribution in [3.63, 3.8) is 0 Å². The molecule has 0 aromatic rings. The summed E-state index contributed by atoms with van der Waals surface area (Å²) in [6.45, 7) is 5.00. The molecule has 1 saturated carbocycles. The molecule has 1 N–H and O–H groups in total. The maximum atomic E-state index is 12.1. The molecule has 20 heavy (non-hydrogen) atoms. The van der Waals surface area contributed by atoms with E-state index in [1.165, 1.54) is 7.11 Å². The third kappa shape index (κ3) is 6.22. The lowest BCUT2D eigenvalue weighted by molar-refractivity contribution is -0.141. The largest absolute Gasteiger partial charge is 0.469 e. The van der Waals surface area contributed by atoms with Gasteiger partial charge in [-0.3, -0.25) is 4.79 Å². The van der Waals surface area contributed by atoms with Gasteiger partial charge in [0.1, 0.15) is 0 Å². The van der Waals surface area contributed by atoms with Crippen molar-refractivity contribution >= 4 is 15.8 Å². The van der Waals surface area contributed by atoms with Crippen molar-refractivity contribution in [3.05, 3.63) is 0 Å². The predicted molar refractivity (Wildman–Crippen MR) is 79.3 cm³/mol. The number of sulfone groups is 1. The van der Waals surface area contributed by atoms with Crippen molar-refractivity contribution < 1.29 is 17.9 Å². The highest BCUT2D eigenvalue weighted by Crippen LogP contribution is 2.50. The molecule has 0 heterocycles. The van der Waals surface area contributed by atoms with E-state index in [2.05, 4.69) is 17.0 Å². The molecular weight excluding hydrogens is 278 g/mol. The van der Waals surface area contributed by atoms with Gasteiger partial charge in [0.2, 0.25) is 0 Å². The van der Waals surface area contributed by atoms with E-state index in [4.69, 9.17) is 0 Å². The van der Waals surface area contributed by atoms with Crippen molar-refractivity contribution in [1.82, 2.24) is 5.32 Å². The molecule has 1 aliphatic carbocycles. The number of rotatable bonds is 10. The van der Waals surface area contributed by atoms with Gasteiger partial charge >= 0.3 is 5.97 Å². The van der Waals surface area contributed by atoms with Crippen LogP contribution in [0, 0.1) is 5.41 Å². The summed E-state index contributed by atoms with van der Waals surface area (Å²) in [4.78, 5) is 11.3. The van der Waals surface area contributed by atoms with E-state index < -0.39 is 9.84 Å². The van der Waals surface area contributed by atoms with Crippen LogP contribution in [0.2, 0.25) is 0 Å². The van der Waals surface area contributed by atoms with E-state index in [9.17, 15) is 13.2 Å². The predicted octanol–water partition coefficient (Wildman–Crippen LogP) is 1.52. The monoisotopic (exact) mass is 305 g/mol. The second kappa shape index (κ2) is 7.41. The third-order valence-electron chi connectivity index (χ3n) is 3.88. The van der Waals surface area contributed by atoms with Crippen LogP contribution in [0.3, 0.4) is 0 Å². The molecule has 1 unspecified atom stereocenters. The van der Waals surface area contributed by atoms with Crippen LogP contribution in [0.4, 0.5) is 0 Å². The van der Waals surface area contributed by atoms with Crippen molar-refractivity contribution in [2.45, 2.75) is 52.0 Å². The smallest absolute Gasteiger partial charge is 0.306 e. The highest BCUT2D eigenvalue weighted by Gasteiger charge is 2.47. The first kappa shape index (κ1) is 17.4. The Hall–Kier alpha value is -0.620. The van der Waals surface area contributed by atoms with Gasteiger partial charge in [0.25, 0.3) is 0 Å². The van der Waals surface area contributed by atoms with Gasteiger partial charge in [0, 0.05) is 6.04 Å². The zero-order valence-electron chi connectivity index (χ0n) is 12.8. The first-order chi connectivity index (χ1) is 9.32. The van der Waals surface area contributed by atoms with Gasteiger partial charge in [-0.15, -0.1) is 0 Å². The first-order valence-corrected chi connectivity index (χ1v) is 9.15. The highest BCUT2D eigenvalue weighted by atomic mass is 32.2. The van der Waals surface area contributed by atoms with Gasteiger partial charge in [-0.1, -0.05) is 6.92 Å². The molecule has 0 aliphatic heterocycles. The van der Waals surface area contributed by atoms with E-state index >= 15 is 0 Å². The van der Waals surface area contributed by atoms with Crippen LogP contribution in [0.5, 0.6) is 0 Å². The summed E-state index contributed by atoms with van der Waals surface area (Å²) in [5, 5.41) is 3.27. The van der Waals surface area contributed by atoms with E-state index in [1.54, 1.807) is 0 Å². The van der Waals surface area contributed by atoms with Gasteiger partial charge in [-0.2, -0.15) is 0 Å². The fraction of sp³-hybridized carbons (Fsp3) is 0.929. The molecule has 1 rings (SSSR count). The lowest BCUT2D eigenvalue weighted by atomic mass is 10.1. The Labute approximate surface area is 122 Å². The minimum Gasteiger partial charge on any atom is -0.469 e. The SMILES string of the molecule is CCNC(C)CCCS(=O)(=O)CC1(CC(=O)OC)CC1. The lowest BCUT2D eigenvalue weighted by Crippen LogP contribution is -2.27. The zero-order chi connectivity index (χ0) is 15.2. The number of carbonyl (C=O) groups excluding carboxylic acids is 1. The molecule has 5 nitrogen and oxygen atoms in total. The fourth-order valence-electron chi connectivity index (χ4n) is 2.53. The van der Waals surface area contributed by atoms with Crippen LogP contribution in [-0.4, -0.2) is 45.6 Å². The van der Waals surface area contributed by atoms with Crippen molar-refractivity contribution in [2.75, 3.05) is 25.2 Å². The molecular formula is C14H27NO4S. The Balaban J connectivity index is 2.36. The maximum absolute atomic E-state index is 12.1. The highest BCUT2D eigenvalue weighted by molar-refractivity contribution is 7.91. The Morgan fingerprint density at radius 2 is 2.05 bits per heavy atom. The third-order valence-corrected chi connectivity index (χ3v) is 5.84. The second-order valence-electron chi connectivity index (χ2n) is 5.95. The number of hydrogen-bond acceptors (Lipinski definition) is 5. The summed E-state index contributed by atoms with van der Waals surface area (Å²) in [5.74, 6) is 0.0366. The Morgan fingerprint density at radius 3 is 2.55 bits per heavy atom. The number of methoxy groups -OCH3 is 1. The fourth-order valence-corrected chi connectivity index (χ4v) is 4.60. The van der Waals surface area contributed by atoms with Crippen molar-refractivity contribution in [2.24, 2.45) is 5.41 Å². The number of esters is 1. The molecule has 0 saturated heterocycles. The second-order valence-corrected chi connectivity index (χ2v) is 8.13. The molecule has 1 fully saturated rings. The molecule has 0 bridgehead atoms. The minimum absolute atomic E-state index is 0.130. The molecule has 1 atom stereocenters. The normalized spacial score (nSPS) is 18.6. The van der Waals surface area contributed by atoms with Crippen molar-refractivity contribution in [1.29, 1.82) is 0 Å². The van der Waals surface area contributed by atoms with Crippen LogP contribution >= 0.6 is 0 Å². The Morgan fingerprint density at radius 1 is 1.40 bits per heavy atom. The van der Waals surface area contributed by atoms with E-state index in [0.29, 0.717) is 12.5 Å². The summed E-state index contributed by atoms with van der Waals surface area (Å²) >= 11 is 0. The zero-order valence-corrected chi connectivity index (χ0v) is 13.6. The maximum Gasteiger partial charge on any atom is 0.306 e. The quantitative estimate of drug-likeness (QED) is 0.620. The lowest BCUT2D eigenvalue weighted by Gasteiger charge is -2.15. The van der Waals surface area contributed by atoms with Crippen LogP contribution in [-0.2, 0) is 19.4 Å². The van der Waals surface area contributed by atoms with Gasteiger partial charge in [-0.25, -0.2) is 8.42 Å². The number of ether oxygens (including phenoxy) is 1. The summed E-state index contributed by atoms with van der Waals surface area (Å²) in [7, 11) is -1.73. The molecule has 0 aromatic carbocycles. The number of nitrogens with one attached hydrogen (secondary N) is 1. The molecule has 0 radical (unpaired) electrons. The molecule has 1 aliphatic rings. The molecule has 0 aromatic heterocycles. The molecule has 6 heteroatoms. The average molecular weight is 305 g/mol. The van der Waals surface area contributed by atoms with Crippen LogP contribution in [0.15, 0.2) is 0 Å². The first-order valence-electron chi connectivity index (χ1n) is 7.33. The van der Waals surface area contributed by atoms with Crippen molar-refractivity contribution in [3.8, 4) is 0 Å². The summed E-state index contributed by atoms with van der Waals surface area (Å²) < 4.78 is 28.9. The summed E-state index contributed by atoms with van der Waals surface area (Å²) in [6, 6.07) is 0.347. The standard InChI is InChI=1S/C14H27NO4S/c1-4-15-12(2)6-5-9-20(17,18)11-14(7-8-14)10-13(16)19-3/h12,15H,4-11H2,1-3H3. The Bertz CT molecular complexity index is 415. The van der Waals surface area contributed by atoms with E-state index in [-0.39, 0.29) is 29.3 Å². The van der Waals surface area contributed by atoms with Crippen LogP contribution < -0.4 is 5.32 Å². The van der Waals surface area contributed by atoms with Crippen LogP contribution in [0.1, 0.15) is 46.0 Å². The van der Waals surface area contributed by atoms with Gasteiger partial charge in [0.15, 0.2) is 9.84 Å². The molecule has 0 amide bonds. The molecule has 0 spiro atoms. The summed E-state index contributed by atoms with van der Waals surface area (Å²) in [5.41, 5.74) is -0.334. The van der Waals surface area contributed by atoms with Gasteiger partial charge in [0.05, 0.1) is 25.0 Å². The Kier molecular flexibility index (Phi) is 6.45. The van der Waals surface area contributed by atoms with E-state index in [1.807, 2.05) is 6.92 Å². The van der Waals surface area contributed by atoms with Gasteiger partial charge < -0.3 is 10.1 Å². The average Bonchev–Trinajstić information content (AvgIpc) is 3.07. The number of hydrogen-bond donors (Lipinski definition) is 1. The van der Waals surface area contributed by atoms with Crippen LogP contribution in [0.25, 0.3) is 0 Å².